The van der Waals surface area contributed by atoms with E-state index >= 15 is 0 Å². The molecule has 3 aromatic rings. The summed E-state index contributed by atoms with van der Waals surface area (Å²) in [4.78, 5) is 19.4. The molecule has 7 heteroatoms. The molecular formula is C26H30FN3O3. The third-order valence-corrected chi connectivity index (χ3v) is 6.02. The molecule has 2 atom stereocenters. The molecule has 2 aromatic carbocycles. The molecule has 1 aliphatic heterocycles. The Morgan fingerprint density at radius 1 is 1.15 bits per heavy atom. The van der Waals surface area contributed by atoms with E-state index in [0.29, 0.717) is 25.5 Å². The molecule has 0 amide bonds. The lowest BCUT2D eigenvalue weighted by molar-refractivity contribution is -0.146. The lowest BCUT2D eigenvalue weighted by Crippen LogP contribution is -2.20. The van der Waals surface area contributed by atoms with Gasteiger partial charge in [-0.15, -0.1) is 5.10 Å². The minimum Gasteiger partial charge on any atom is -0.477 e. The minimum atomic E-state index is -0.286. The highest BCUT2D eigenvalue weighted by Gasteiger charge is 2.36. The van der Waals surface area contributed by atoms with Crippen molar-refractivity contribution in [2.45, 2.75) is 39.7 Å². The molecule has 1 fully saturated rings. The van der Waals surface area contributed by atoms with Gasteiger partial charge in [0.05, 0.1) is 18.0 Å². The Labute approximate surface area is 193 Å². The van der Waals surface area contributed by atoms with Gasteiger partial charge < -0.3 is 4.74 Å². The average Bonchev–Trinajstić information content (AvgIpc) is 3.36. The zero-order valence-corrected chi connectivity index (χ0v) is 19.3. The molecule has 0 saturated carbocycles. The molecule has 0 aliphatic carbocycles. The van der Waals surface area contributed by atoms with E-state index in [9.17, 15) is 9.18 Å². The van der Waals surface area contributed by atoms with Crippen LogP contribution in [-0.2, 0) is 16.1 Å². The second-order valence-electron chi connectivity index (χ2n) is 8.30. The molecule has 1 aliphatic rings. The van der Waals surface area contributed by atoms with E-state index in [0.717, 1.165) is 29.1 Å². The third kappa shape index (κ3) is 5.15. The van der Waals surface area contributed by atoms with Crippen LogP contribution in [0.1, 0.15) is 43.2 Å². The Morgan fingerprint density at radius 2 is 1.88 bits per heavy atom. The van der Waals surface area contributed by atoms with Crippen molar-refractivity contribution in [1.82, 2.24) is 14.8 Å². The maximum Gasteiger partial charge on any atom is 0.236 e. The standard InChI is InChI=1S/C26H30FN3O3/c1-4-29-17-20(25(33-29)19-11-13-21(27)14-12-19)15-23(31)16-24-18(3)26(32-5-2)28-30(24)22-9-7-6-8-10-22/h6-14,20,25H,4-5,15-17H2,1-3H3/t20-,25+/m1/s1. The molecule has 1 saturated heterocycles. The number of Topliss-reactive ketones (excluding diaryl/α,β-unsaturated/α-hetero) is 1. The number of ether oxygens (including phenoxy) is 1. The Morgan fingerprint density at radius 3 is 2.55 bits per heavy atom. The highest BCUT2D eigenvalue weighted by molar-refractivity contribution is 5.81. The molecule has 0 bridgehead atoms. The predicted octanol–water partition coefficient (Wildman–Crippen LogP) is 4.84. The molecule has 6 nitrogen and oxygen atoms in total. The summed E-state index contributed by atoms with van der Waals surface area (Å²) in [6.07, 6.45) is 0.343. The van der Waals surface area contributed by atoms with Gasteiger partial charge in [0.15, 0.2) is 0 Å². The molecule has 0 N–H and O–H groups in total. The molecule has 1 aromatic heterocycles. The van der Waals surface area contributed by atoms with E-state index in [2.05, 4.69) is 5.10 Å². The number of hydrogen-bond donors (Lipinski definition) is 0. The summed E-state index contributed by atoms with van der Waals surface area (Å²) in [5.74, 6) is 0.362. The monoisotopic (exact) mass is 451 g/mol. The summed E-state index contributed by atoms with van der Waals surface area (Å²) in [6.45, 7) is 7.76. The third-order valence-electron chi connectivity index (χ3n) is 6.02. The lowest BCUT2D eigenvalue weighted by Gasteiger charge is -2.17. The number of nitrogens with zero attached hydrogens (tertiary/aromatic N) is 3. The molecule has 0 unspecified atom stereocenters. The predicted molar refractivity (Wildman–Crippen MR) is 124 cm³/mol. The summed E-state index contributed by atoms with van der Waals surface area (Å²) in [7, 11) is 0. The van der Waals surface area contributed by atoms with Crippen molar-refractivity contribution in [3.8, 4) is 11.6 Å². The van der Waals surface area contributed by atoms with E-state index in [1.54, 1.807) is 16.8 Å². The van der Waals surface area contributed by atoms with Crippen LogP contribution in [0.2, 0.25) is 0 Å². The maximum atomic E-state index is 13.4. The van der Waals surface area contributed by atoms with Gasteiger partial charge in [-0.2, -0.15) is 5.06 Å². The van der Waals surface area contributed by atoms with Crippen molar-refractivity contribution in [2.75, 3.05) is 19.7 Å². The SMILES string of the molecule is CCOc1nn(-c2ccccc2)c(CC(=O)C[C@@H]2CN(CC)O[C@H]2c2ccc(F)cc2)c1C. The van der Waals surface area contributed by atoms with Gasteiger partial charge in [0.25, 0.3) is 0 Å². The van der Waals surface area contributed by atoms with E-state index < -0.39 is 0 Å². The fourth-order valence-electron chi connectivity index (χ4n) is 4.33. The number of benzene rings is 2. The second kappa shape index (κ2) is 10.3. The van der Waals surface area contributed by atoms with Crippen molar-refractivity contribution in [3.05, 3.63) is 77.2 Å². The topological polar surface area (TPSA) is 56.6 Å². The van der Waals surface area contributed by atoms with E-state index in [1.807, 2.05) is 56.2 Å². The molecule has 4 rings (SSSR count). The highest BCUT2D eigenvalue weighted by atomic mass is 19.1. The number of carbonyl (C=O) groups excluding carboxylic acids is 1. The summed E-state index contributed by atoms with van der Waals surface area (Å²) >= 11 is 0. The summed E-state index contributed by atoms with van der Waals surface area (Å²) in [5, 5.41) is 6.50. The molecule has 0 spiro atoms. The normalized spacial score (nSPS) is 18.5. The van der Waals surface area contributed by atoms with Crippen molar-refractivity contribution >= 4 is 5.78 Å². The number of halogens is 1. The number of para-hydroxylation sites is 1. The number of rotatable bonds is 9. The molecular weight excluding hydrogens is 421 g/mol. The summed E-state index contributed by atoms with van der Waals surface area (Å²) in [5.41, 5.74) is 3.48. The highest BCUT2D eigenvalue weighted by Crippen LogP contribution is 2.36. The van der Waals surface area contributed by atoms with Gasteiger partial charge in [-0.05, 0) is 43.7 Å². The van der Waals surface area contributed by atoms with Crippen molar-refractivity contribution in [2.24, 2.45) is 5.92 Å². The Bertz CT molecular complexity index is 1080. The van der Waals surface area contributed by atoms with Crippen LogP contribution in [0.4, 0.5) is 4.39 Å². The van der Waals surface area contributed by atoms with E-state index in [-0.39, 0.29) is 30.0 Å². The van der Waals surface area contributed by atoms with E-state index in [1.165, 1.54) is 12.1 Å². The van der Waals surface area contributed by atoms with Crippen LogP contribution in [0.5, 0.6) is 5.88 Å². The van der Waals surface area contributed by atoms with Gasteiger partial charge in [-0.3, -0.25) is 9.63 Å². The minimum absolute atomic E-state index is 0.0114. The zero-order valence-electron chi connectivity index (χ0n) is 19.3. The first-order valence-electron chi connectivity index (χ1n) is 11.5. The Kier molecular flexibility index (Phi) is 7.20. The molecule has 2 heterocycles. The van der Waals surface area contributed by atoms with Gasteiger partial charge in [-0.25, -0.2) is 9.07 Å². The first-order valence-corrected chi connectivity index (χ1v) is 11.5. The van der Waals surface area contributed by atoms with Crippen LogP contribution in [0.25, 0.3) is 5.69 Å². The van der Waals surface area contributed by atoms with Crippen molar-refractivity contribution < 1.29 is 18.8 Å². The first kappa shape index (κ1) is 23.1. The van der Waals surface area contributed by atoms with Crippen LogP contribution in [-0.4, -0.2) is 40.3 Å². The summed E-state index contributed by atoms with van der Waals surface area (Å²) < 4.78 is 20.9. The number of ketones is 1. The number of hydroxylamine groups is 2. The molecule has 0 radical (unpaired) electrons. The van der Waals surface area contributed by atoms with Gasteiger partial charge >= 0.3 is 0 Å². The maximum absolute atomic E-state index is 13.4. The van der Waals surface area contributed by atoms with Crippen molar-refractivity contribution in [1.29, 1.82) is 0 Å². The Balaban J connectivity index is 1.56. The Hall–Kier alpha value is -3.03. The number of carbonyl (C=O) groups is 1. The van der Waals surface area contributed by atoms with Crippen LogP contribution in [0, 0.1) is 18.7 Å². The zero-order chi connectivity index (χ0) is 23.4. The van der Waals surface area contributed by atoms with Crippen LogP contribution in [0.15, 0.2) is 54.6 Å². The number of aromatic nitrogens is 2. The van der Waals surface area contributed by atoms with Gasteiger partial charge in [-0.1, -0.05) is 37.3 Å². The van der Waals surface area contributed by atoms with Crippen LogP contribution in [0.3, 0.4) is 0 Å². The van der Waals surface area contributed by atoms with Gasteiger partial charge in [0.2, 0.25) is 5.88 Å². The quantitative estimate of drug-likeness (QED) is 0.466. The summed E-state index contributed by atoms with van der Waals surface area (Å²) in [6, 6.07) is 16.1. The second-order valence-corrected chi connectivity index (χ2v) is 8.30. The van der Waals surface area contributed by atoms with Crippen LogP contribution < -0.4 is 4.74 Å². The lowest BCUT2D eigenvalue weighted by atomic mass is 9.90. The van der Waals surface area contributed by atoms with Crippen LogP contribution >= 0.6 is 0 Å². The van der Waals surface area contributed by atoms with Gasteiger partial charge in [0, 0.05) is 37.4 Å². The fourth-order valence-corrected chi connectivity index (χ4v) is 4.33. The van der Waals surface area contributed by atoms with E-state index in [4.69, 9.17) is 9.57 Å². The molecule has 174 valence electrons. The smallest absolute Gasteiger partial charge is 0.236 e. The number of hydrogen-bond acceptors (Lipinski definition) is 5. The first-order chi connectivity index (χ1) is 16.0. The molecule has 33 heavy (non-hydrogen) atoms. The fraction of sp³-hybridized carbons (Fsp3) is 0.385. The largest absolute Gasteiger partial charge is 0.477 e. The van der Waals surface area contributed by atoms with Gasteiger partial charge in [0.1, 0.15) is 17.7 Å². The average molecular weight is 452 g/mol. The van der Waals surface area contributed by atoms with Crippen molar-refractivity contribution in [3.63, 3.8) is 0 Å².